The van der Waals surface area contributed by atoms with Crippen molar-refractivity contribution in [2.45, 2.75) is 6.04 Å². The van der Waals surface area contributed by atoms with Crippen molar-refractivity contribution >= 4 is 5.82 Å². The number of nitrogens with zero attached hydrogens (tertiary/aromatic N) is 2. The monoisotopic (exact) mass is 239 g/mol. The fourth-order valence-corrected chi connectivity index (χ4v) is 1.77. The molecule has 0 atom stereocenters. The molecule has 1 fully saturated rings. The summed E-state index contributed by atoms with van der Waals surface area (Å²) in [4.78, 5) is 0. The highest BCUT2D eigenvalue weighted by atomic mass is 16.5. The van der Waals surface area contributed by atoms with Gasteiger partial charge in [0, 0.05) is 45.9 Å². The Morgan fingerprint density at radius 2 is 2.35 bits per heavy atom. The summed E-state index contributed by atoms with van der Waals surface area (Å²) in [6, 6.07) is 2.53. The summed E-state index contributed by atoms with van der Waals surface area (Å²) in [5, 5.41) is 14.3. The predicted octanol–water partition coefficient (Wildman–Crippen LogP) is -0.325. The molecule has 6 heteroatoms. The van der Waals surface area contributed by atoms with E-state index in [0.717, 1.165) is 45.1 Å². The van der Waals surface area contributed by atoms with Crippen molar-refractivity contribution in [3.63, 3.8) is 0 Å². The number of ether oxygens (including phenoxy) is 1. The second-order valence-electron chi connectivity index (χ2n) is 4.14. The molecule has 0 aromatic carbocycles. The minimum Gasteiger partial charge on any atom is -0.383 e. The van der Waals surface area contributed by atoms with E-state index in [2.05, 4.69) is 25.7 Å². The second-order valence-corrected chi connectivity index (χ2v) is 4.14. The molecule has 1 aliphatic heterocycles. The van der Waals surface area contributed by atoms with Crippen LogP contribution in [0.4, 0.5) is 5.82 Å². The Morgan fingerprint density at radius 3 is 3.06 bits per heavy atom. The average Bonchev–Trinajstić information content (AvgIpc) is 2.69. The van der Waals surface area contributed by atoms with E-state index in [1.807, 2.05) is 12.3 Å². The number of hydrogen-bond acceptors (Lipinski definition) is 5. The topological polar surface area (TPSA) is 63.1 Å². The van der Waals surface area contributed by atoms with E-state index in [9.17, 15) is 0 Å². The summed E-state index contributed by atoms with van der Waals surface area (Å²) in [5.41, 5.74) is 0. The normalized spacial score (nSPS) is 15.8. The van der Waals surface area contributed by atoms with Gasteiger partial charge in [-0.05, 0) is 0 Å². The molecule has 17 heavy (non-hydrogen) atoms. The highest BCUT2D eigenvalue weighted by Gasteiger charge is 2.21. The Kier molecular flexibility index (Phi) is 4.78. The van der Waals surface area contributed by atoms with Crippen molar-refractivity contribution in [1.29, 1.82) is 0 Å². The van der Waals surface area contributed by atoms with Gasteiger partial charge >= 0.3 is 0 Å². The van der Waals surface area contributed by atoms with Crippen molar-refractivity contribution < 1.29 is 4.74 Å². The molecule has 0 unspecified atom stereocenters. The molecule has 0 saturated carbocycles. The number of hydrogen-bond donors (Lipinski definition) is 3. The molecule has 1 aromatic heterocycles. The molecule has 2 rings (SSSR count). The number of methoxy groups -OCH3 is 1. The summed E-state index contributed by atoms with van der Waals surface area (Å²) < 4.78 is 7.02. The minimum atomic E-state index is 0.508. The van der Waals surface area contributed by atoms with Gasteiger partial charge in [-0.1, -0.05) is 0 Å². The van der Waals surface area contributed by atoms with Crippen molar-refractivity contribution in [3.8, 4) is 0 Å². The first-order valence-electron chi connectivity index (χ1n) is 6.09. The molecule has 1 saturated heterocycles. The molecule has 0 aliphatic carbocycles. The first kappa shape index (κ1) is 12.3. The molecule has 6 nitrogen and oxygen atoms in total. The summed E-state index contributed by atoms with van der Waals surface area (Å²) in [6.07, 6.45) is 1.85. The minimum absolute atomic E-state index is 0.508. The van der Waals surface area contributed by atoms with E-state index in [4.69, 9.17) is 4.74 Å². The molecule has 1 aliphatic rings. The molecule has 0 amide bonds. The van der Waals surface area contributed by atoms with Crippen LogP contribution in [0.1, 0.15) is 6.04 Å². The third kappa shape index (κ3) is 3.42. The lowest BCUT2D eigenvalue weighted by Gasteiger charge is -2.28. The summed E-state index contributed by atoms with van der Waals surface area (Å²) >= 11 is 0. The van der Waals surface area contributed by atoms with Crippen molar-refractivity contribution in [3.05, 3.63) is 12.3 Å². The van der Waals surface area contributed by atoms with E-state index < -0.39 is 0 Å². The Bertz CT molecular complexity index is 323. The molecule has 0 bridgehead atoms. The third-order valence-corrected chi connectivity index (χ3v) is 2.87. The molecular formula is C11H21N5O. The zero-order chi connectivity index (χ0) is 11.9. The maximum atomic E-state index is 4.96. The summed E-state index contributed by atoms with van der Waals surface area (Å²) in [6.45, 7) is 5.51. The Hall–Kier alpha value is -1.11. The number of anilines is 1. The van der Waals surface area contributed by atoms with Crippen molar-refractivity contribution in [1.82, 2.24) is 20.4 Å². The van der Waals surface area contributed by atoms with E-state index in [1.165, 1.54) is 0 Å². The predicted molar refractivity (Wildman–Crippen MR) is 67.4 cm³/mol. The highest BCUT2D eigenvalue weighted by molar-refractivity contribution is 5.34. The lowest BCUT2D eigenvalue weighted by atomic mass is 10.2. The molecule has 96 valence electrons. The molecular weight excluding hydrogens is 218 g/mol. The second kappa shape index (κ2) is 6.58. The Balaban J connectivity index is 1.66. The first-order chi connectivity index (χ1) is 8.42. The van der Waals surface area contributed by atoms with Gasteiger partial charge in [0.2, 0.25) is 0 Å². The van der Waals surface area contributed by atoms with Crippen molar-refractivity contribution in [2.24, 2.45) is 0 Å². The van der Waals surface area contributed by atoms with Crippen LogP contribution >= 0.6 is 0 Å². The SMILES string of the molecule is COCCNCCNc1ccnn1C1CNC1. The lowest BCUT2D eigenvalue weighted by molar-refractivity contribution is 0.200. The molecule has 2 heterocycles. The van der Waals surface area contributed by atoms with Crippen LogP contribution in [0.3, 0.4) is 0 Å². The van der Waals surface area contributed by atoms with Gasteiger partial charge in [-0.15, -0.1) is 0 Å². The molecule has 0 spiro atoms. The molecule has 0 radical (unpaired) electrons. The van der Waals surface area contributed by atoms with Gasteiger partial charge in [0.1, 0.15) is 5.82 Å². The van der Waals surface area contributed by atoms with E-state index in [-0.39, 0.29) is 0 Å². The van der Waals surface area contributed by atoms with Crippen LogP contribution in [0, 0.1) is 0 Å². The maximum Gasteiger partial charge on any atom is 0.124 e. The zero-order valence-corrected chi connectivity index (χ0v) is 10.3. The summed E-state index contributed by atoms with van der Waals surface area (Å²) in [7, 11) is 1.71. The quantitative estimate of drug-likeness (QED) is 0.543. The van der Waals surface area contributed by atoms with E-state index >= 15 is 0 Å². The molecule has 3 N–H and O–H groups in total. The fraction of sp³-hybridized carbons (Fsp3) is 0.727. The van der Waals surface area contributed by atoms with Gasteiger partial charge in [-0.3, -0.25) is 0 Å². The summed E-state index contributed by atoms with van der Waals surface area (Å²) in [5.74, 6) is 1.10. The van der Waals surface area contributed by atoms with Gasteiger partial charge < -0.3 is 20.7 Å². The van der Waals surface area contributed by atoms with E-state index in [1.54, 1.807) is 7.11 Å². The van der Waals surface area contributed by atoms with Crippen molar-refractivity contribution in [2.75, 3.05) is 51.8 Å². The van der Waals surface area contributed by atoms with Crippen LogP contribution in [-0.4, -0.2) is 56.2 Å². The van der Waals surface area contributed by atoms with Crippen LogP contribution in [0.5, 0.6) is 0 Å². The standard InChI is InChI=1S/C11H21N5O/c1-17-7-6-12-4-5-14-11-2-3-15-16(11)10-8-13-9-10/h2-3,10,12-14H,4-9H2,1H3. The Labute approximate surface area is 102 Å². The van der Waals surface area contributed by atoms with Gasteiger partial charge in [0.05, 0.1) is 18.8 Å². The van der Waals surface area contributed by atoms with Crippen LogP contribution in [0.15, 0.2) is 12.3 Å². The van der Waals surface area contributed by atoms with E-state index in [0.29, 0.717) is 6.04 Å². The lowest BCUT2D eigenvalue weighted by Crippen LogP contribution is -2.44. The van der Waals surface area contributed by atoms with Gasteiger partial charge in [-0.25, -0.2) is 4.68 Å². The number of rotatable bonds is 8. The van der Waals surface area contributed by atoms with Gasteiger partial charge in [-0.2, -0.15) is 5.10 Å². The maximum absolute atomic E-state index is 4.96. The average molecular weight is 239 g/mol. The van der Waals surface area contributed by atoms with Crippen LogP contribution in [-0.2, 0) is 4.74 Å². The number of nitrogens with one attached hydrogen (secondary N) is 3. The smallest absolute Gasteiger partial charge is 0.124 e. The van der Waals surface area contributed by atoms with Crippen LogP contribution in [0.25, 0.3) is 0 Å². The highest BCUT2D eigenvalue weighted by Crippen LogP contribution is 2.16. The van der Waals surface area contributed by atoms with Crippen LogP contribution in [0.2, 0.25) is 0 Å². The first-order valence-corrected chi connectivity index (χ1v) is 6.09. The van der Waals surface area contributed by atoms with Crippen LogP contribution < -0.4 is 16.0 Å². The Morgan fingerprint density at radius 1 is 1.47 bits per heavy atom. The molecule has 1 aromatic rings. The van der Waals surface area contributed by atoms with Gasteiger partial charge in [0.15, 0.2) is 0 Å². The van der Waals surface area contributed by atoms with Gasteiger partial charge in [0.25, 0.3) is 0 Å². The number of aromatic nitrogens is 2. The zero-order valence-electron chi connectivity index (χ0n) is 10.3. The largest absolute Gasteiger partial charge is 0.383 e. The fourth-order valence-electron chi connectivity index (χ4n) is 1.77. The third-order valence-electron chi connectivity index (χ3n) is 2.87.